The number of carbonyl (C=O) groups excluding carboxylic acids is 1. The van der Waals surface area contributed by atoms with Crippen LogP contribution < -0.4 is 5.73 Å². The molecule has 0 saturated carbocycles. The van der Waals surface area contributed by atoms with Gasteiger partial charge in [0.2, 0.25) is 5.95 Å². The Balaban J connectivity index is 3.09. The second kappa shape index (κ2) is 3.38. The van der Waals surface area contributed by atoms with Gasteiger partial charge < -0.3 is 10.6 Å². The van der Waals surface area contributed by atoms with E-state index in [9.17, 15) is 4.79 Å². The second-order valence-electron chi connectivity index (χ2n) is 2.93. The number of nitrogens with zero attached hydrogens (tertiary/aromatic N) is 3. The molecule has 0 saturated heterocycles. The molecule has 5 heteroatoms. The molecule has 0 bridgehead atoms. The van der Waals surface area contributed by atoms with Gasteiger partial charge in [-0.25, -0.2) is 9.97 Å². The lowest BCUT2D eigenvalue weighted by Gasteiger charge is -2.11. The molecule has 0 aromatic carbocycles. The molecule has 1 heterocycles. The topological polar surface area (TPSA) is 72.1 Å². The van der Waals surface area contributed by atoms with Crippen LogP contribution in [0.3, 0.4) is 0 Å². The number of nitrogens with two attached hydrogens (primary N) is 1. The molecular formula is C8H12N4O. The van der Waals surface area contributed by atoms with Gasteiger partial charge in [-0.3, -0.25) is 4.79 Å². The monoisotopic (exact) mass is 180 g/mol. The quantitative estimate of drug-likeness (QED) is 0.663. The lowest BCUT2D eigenvalue weighted by Crippen LogP contribution is -2.23. The third-order valence-corrected chi connectivity index (χ3v) is 1.63. The number of amides is 1. The van der Waals surface area contributed by atoms with E-state index in [2.05, 4.69) is 9.97 Å². The summed E-state index contributed by atoms with van der Waals surface area (Å²) in [7, 11) is 3.36. The van der Waals surface area contributed by atoms with Crippen molar-refractivity contribution in [2.75, 3.05) is 19.8 Å². The second-order valence-corrected chi connectivity index (χ2v) is 2.93. The first-order valence-corrected chi connectivity index (χ1v) is 3.83. The summed E-state index contributed by atoms with van der Waals surface area (Å²) in [5.74, 6) is 0.0744. The van der Waals surface area contributed by atoms with Crippen LogP contribution in [0.4, 0.5) is 5.95 Å². The Morgan fingerprint density at radius 3 is 2.62 bits per heavy atom. The van der Waals surface area contributed by atoms with Crippen molar-refractivity contribution >= 4 is 11.9 Å². The van der Waals surface area contributed by atoms with Crippen molar-refractivity contribution in [3.63, 3.8) is 0 Å². The zero-order chi connectivity index (χ0) is 10.0. The van der Waals surface area contributed by atoms with Crippen molar-refractivity contribution in [3.8, 4) is 0 Å². The molecule has 0 spiro atoms. The summed E-state index contributed by atoms with van der Waals surface area (Å²) in [4.78, 5) is 20.6. The van der Waals surface area contributed by atoms with Gasteiger partial charge in [-0.1, -0.05) is 0 Å². The molecule has 0 atom stereocenters. The highest BCUT2D eigenvalue weighted by molar-refractivity contribution is 5.94. The summed E-state index contributed by atoms with van der Waals surface area (Å²) in [6.07, 6.45) is 1.44. The van der Waals surface area contributed by atoms with Gasteiger partial charge in [0.1, 0.15) is 0 Å². The Labute approximate surface area is 76.6 Å². The minimum absolute atomic E-state index is 0.113. The number of carbonyl (C=O) groups is 1. The van der Waals surface area contributed by atoms with Crippen LogP contribution in [0.25, 0.3) is 0 Å². The van der Waals surface area contributed by atoms with E-state index in [-0.39, 0.29) is 11.9 Å². The van der Waals surface area contributed by atoms with E-state index in [1.807, 2.05) is 0 Å². The van der Waals surface area contributed by atoms with Crippen LogP contribution in [-0.2, 0) is 0 Å². The van der Waals surface area contributed by atoms with E-state index in [0.29, 0.717) is 11.3 Å². The average molecular weight is 180 g/mol. The first kappa shape index (κ1) is 9.44. The fourth-order valence-electron chi connectivity index (χ4n) is 0.936. The van der Waals surface area contributed by atoms with Gasteiger partial charge in [-0.15, -0.1) is 0 Å². The van der Waals surface area contributed by atoms with Gasteiger partial charge in [0.05, 0.1) is 11.3 Å². The van der Waals surface area contributed by atoms with Gasteiger partial charge in [0.15, 0.2) is 0 Å². The SMILES string of the molecule is Cc1nc(N)ncc1C(=O)N(C)C. The molecule has 1 rings (SSSR count). The molecule has 1 aromatic rings. The first-order valence-electron chi connectivity index (χ1n) is 3.83. The zero-order valence-electron chi connectivity index (χ0n) is 7.90. The molecule has 5 nitrogen and oxygen atoms in total. The Bertz CT molecular complexity index is 335. The van der Waals surface area contributed by atoms with Crippen LogP contribution in [0.15, 0.2) is 6.20 Å². The number of anilines is 1. The number of aryl methyl sites for hydroxylation is 1. The van der Waals surface area contributed by atoms with Crippen molar-refractivity contribution < 1.29 is 4.79 Å². The molecule has 0 aliphatic heterocycles. The van der Waals surface area contributed by atoms with E-state index < -0.39 is 0 Å². The van der Waals surface area contributed by atoms with Crippen LogP contribution in [0.5, 0.6) is 0 Å². The van der Waals surface area contributed by atoms with Gasteiger partial charge in [-0.05, 0) is 6.92 Å². The largest absolute Gasteiger partial charge is 0.368 e. The fraction of sp³-hybridized carbons (Fsp3) is 0.375. The molecule has 0 unspecified atom stereocenters. The molecule has 13 heavy (non-hydrogen) atoms. The molecule has 70 valence electrons. The zero-order valence-corrected chi connectivity index (χ0v) is 7.90. The average Bonchev–Trinajstić information content (AvgIpc) is 2.03. The van der Waals surface area contributed by atoms with Crippen molar-refractivity contribution in [3.05, 3.63) is 17.5 Å². The highest BCUT2D eigenvalue weighted by Crippen LogP contribution is 2.06. The maximum absolute atomic E-state index is 11.5. The molecule has 0 aliphatic rings. The Morgan fingerprint density at radius 2 is 2.15 bits per heavy atom. The van der Waals surface area contributed by atoms with Gasteiger partial charge >= 0.3 is 0 Å². The van der Waals surface area contributed by atoms with Gasteiger partial charge in [0, 0.05) is 20.3 Å². The summed E-state index contributed by atoms with van der Waals surface area (Å²) in [6.45, 7) is 1.73. The minimum atomic E-state index is -0.113. The van der Waals surface area contributed by atoms with Crippen molar-refractivity contribution in [2.24, 2.45) is 0 Å². The number of hydrogen-bond acceptors (Lipinski definition) is 4. The standard InChI is InChI=1S/C8H12N4O/c1-5-6(7(13)12(2)3)4-10-8(9)11-5/h4H,1-3H3,(H2,9,10,11). The first-order chi connectivity index (χ1) is 6.02. The molecule has 0 radical (unpaired) electrons. The normalized spacial score (nSPS) is 9.77. The van der Waals surface area contributed by atoms with E-state index in [0.717, 1.165) is 0 Å². The summed E-state index contributed by atoms with van der Waals surface area (Å²) in [6, 6.07) is 0. The highest BCUT2D eigenvalue weighted by atomic mass is 16.2. The van der Waals surface area contributed by atoms with Gasteiger partial charge in [0.25, 0.3) is 5.91 Å². The number of nitrogen functional groups attached to an aromatic ring is 1. The molecule has 1 aromatic heterocycles. The number of aromatic nitrogens is 2. The third-order valence-electron chi connectivity index (χ3n) is 1.63. The van der Waals surface area contributed by atoms with Crippen LogP contribution >= 0.6 is 0 Å². The Morgan fingerprint density at radius 1 is 1.54 bits per heavy atom. The number of rotatable bonds is 1. The van der Waals surface area contributed by atoms with E-state index in [4.69, 9.17) is 5.73 Å². The lowest BCUT2D eigenvalue weighted by atomic mass is 10.2. The summed E-state index contributed by atoms with van der Waals surface area (Å²) in [5, 5.41) is 0. The van der Waals surface area contributed by atoms with Crippen LogP contribution in [0.1, 0.15) is 16.1 Å². The molecular weight excluding hydrogens is 168 g/mol. The van der Waals surface area contributed by atoms with Crippen molar-refractivity contribution in [1.82, 2.24) is 14.9 Å². The van der Waals surface area contributed by atoms with E-state index in [1.54, 1.807) is 21.0 Å². The third kappa shape index (κ3) is 1.93. The summed E-state index contributed by atoms with van der Waals surface area (Å²) in [5.41, 5.74) is 6.44. The Hall–Kier alpha value is -1.65. The van der Waals surface area contributed by atoms with Crippen LogP contribution in [-0.4, -0.2) is 34.9 Å². The van der Waals surface area contributed by atoms with Gasteiger partial charge in [-0.2, -0.15) is 0 Å². The van der Waals surface area contributed by atoms with E-state index in [1.165, 1.54) is 11.1 Å². The van der Waals surface area contributed by atoms with Crippen molar-refractivity contribution in [1.29, 1.82) is 0 Å². The lowest BCUT2D eigenvalue weighted by molar-refractivity contribution is 0.0826. The summed E-state index contributed by atoms with van der Waals surface area (Å²) >= 11 is 0. The molecule has 0 fully saturated rings. The smallest absolute Gasteiger partial charge is 0.256 e. The molecule has 2 N–H and O–H groups in total. The highest BCUT2D eigenvalue weighted by Gasteiger charge is 2.12. The summed E-state index contributed by atoms with van der Waals surface area (Å²) < 4.78 is 0. The van der Waals surface area contributed by atoms with Crippen LogP contribution in [0.2, 0.25) is 0 Å². The Kier molecular flexibility index (Phi) is 2.46. The number of hydrogen-bond donors (Lipinski definition) is 1. The molecule has 1 amide bonds. The minimum Gasteiger partial charge on any atom is -0.368 e. The predicted molar refractivity (Wildman–Crippen MR) is 49.2 cm³/mol. The molecule has 0 aliphatic carbocycles. The maximum Gasteiger partial charge on any atom is 0.256 e. The van der Waals surface area contributed by atoms with Crippen molar-refractivity contribution in [2.45, 2.75) is 6.92 Å². The van der Waals surface area contributed by atoms with Crippen LogP contribution in [0, 0.1) is 6.92 Å². The maximum atomic E-state index is 11.5. The fourth-order valence-corrected chi connectivity index (χ4v) is 0.936. The van der Waals surface area contributed by atoms with E-state index >= 15 is 0 Å². The predicted octanol–water partition coefficient (Wildman–Crippen LogP) is 0.0690.